The van der Waals surface area contributed by atoms with E-state index in [4.69, 9.17) is 9.42 Å². The van der Waals surface area contributed by atoms with Crippen molar-refractivity contribution in [3.8, 4) is 11.5 Å². The SMILES string of the molecule is CCC[N@+]1(COP(=O)([O-])O)CCC[C@@H]2Cc3c(ccc(O)c3O)CC21. The molecular weight excluding hydrogens is 345 g/mol. The number of benzene rings is 1. The van der Waals surface area contributed by atoms with Gasteiger partial charge in [-0.1, -0.05) is 13.0 Å². The van der Waals surface area contributed by atoms with Crippen molar-refractivity contribution in [2.75, 3.05) is 19.8 Å². The smallest absolute Gasteiger partial charge is 0.269 e. The van der Waals surface area contributed by atoms with Gasteiger partial charge in [-0.3, -0.25) is 13.6 Å². The molecule has 0 aromatic heterocycles. The first-order valence-electron chi connectivity index (χ1n) is 8.82. The molecule has 0 radical (unpaired) electrons. The Labute approximate surface area is 147 Å². The third kappa shape index (κ3) is 3.71. The number of likely N-dealkylation sites (tertiary alicyclic amines) is 1. The fourth-order valence-electron chi connectivity index (χ4n) is 4.78. The average molecular weight is 371 g/mol. The van der Waals surface area contributed by atoms with Crippen LogP contribution in [0, 0.1) is 5.92 Å². The number of piperidine rings is 1. The average Bonchev–Trinajstić information content (AvgIpc) is 2.56. The number of phenolic OH excluding ortho intramolecular Hbond substituents is 2. The molecule has 140 valence electrons. The molecule has 1 aromatic carbocycles. The molecule has 4 atom stereocenters. The Morgan fingerprint density at radius 2 is 2.12 bits per heavy atom. The van der Waals surface area contributed by atoms with Crippen molar-refractivity contribution >= 4 is 7.82 Å². The number of rotatable bonds is 5. The molecule has 25 heavy (non-hydrogen) atoms. The first-order chi connectivity index (χ1) is 11.8. The van der Waals surface area contributed by atoms with Gasteiger partial charge in [-0.05, 0) is 37.3 Å². The predicted octanol–water partition coefficient (Wildman–Crippen LogP) is 1.64. The van der Waals surface area contributed by atoms with Gasteiger partial charge in [0.2, 0.25) is 0 Å². The lowest BCUT2D eigenvalue weighted by molar-refractivity contribution is -0.973. The number of aromatic hydroxyl groups is 2. The number of phosphoric ester groups is 1. The summed E-state index contributed by atoms with van der Waals surface area (Å²) < 4.78 is 16.5. The highest BCUT2D eigenvalue weighted by atomic mass is 31.2. The Morgan fingerprint density at radius 3 is 2.80 bits per heavy atom. The molecule has 7 nitrogen and oxygen atoms in total. The summed E-state index contributed by atoms with van der Waals surface area (Å²) in [6, 6.07) is 3.51. The van der Waals surface area contributed by atoms with Crippen molar-refractivity contribution in [2.45, 2.75) is 45.1 Å². The highest BCUT2D eigenvalue weighted by Crippen LogP contribution is 2.45. The summed E-state index contributed by atoms with van der Waals surface area (Å²) in [6.45, 7) is 3.60. The van der Waals surface area contributed by atoms with Gasteiger partial charge in [0.1, 0.15) is 0 Å². The number of nitrogens with zero attached hydrogens (tertiary/aromatic N) is 1. The van der Waals surface area contributed by atoms with Crippen LogP contribution in [0.4, 0.5) is 0 Å². The number of phenols is 2. The molecular formula is C17H26NO6P. The highest BCUT2D eigenvalue weighted by molar-refractivity contribution is 7.44. The van der Waals surface area contributed by atoms with Crippen LogP contribution in [0.15, 0.2) is 12.1 Å². The second kappa shape index (κ2) is 6.89. The molecule has 1 fully saturated rings. The summed E-state index contributed by atoms with van der Waals surface area (Å²) in [6.07, 6.45) is 4.18. The van der Waals surface area contributed by atoms with E-state index in [0.29, 0.717) is 17.3 Å². The van der Waals surface area contributed by atoms with E-state index in [2.05, 4.69) is 6.92 Å². The van der Waals surface area contributed by atoms with Crippen molar-refractivity contribution in [2.24, 2.45) is 5.92 Å². The summed E-state index contributed by atoms with van der Waals surface area (Å²) >= 11 is 0. The molecule has 3 N–H and O–H groups in total. The molecule has 2 aliphatic rings. The van der Waals surface area contributed by atoms with Crippen molar-refractivity contribution in [3.05, 3.63) is 23.3 Å². The van der Waals surface area contributed by atoms with E-state index in [1.165, 1.54) is 6.07 Å². The normalized spacial score (nSPS) is 31.0. The Balaban J connectivity index is 1.93. The maximum atomic E-state index is 11.2. The second-order valence-electron chi connectivity index (χ2n) is 7.34. The maximum Gasteiger partial charge on any atom is 0.269 e. The van der Waals surface area contributed by atoms with Crippen LogP contribution in [0.25, 0.3) is 0 Å². The molecule has 0 bridgehead atoms. The van der Waals surface area contributed by atoms with Crippen LogP contribution < -0.4 is 4.89 Å². The Kier molecular flexibility index (Phi) is 5.15. The van der Waals surface area contributed by atoms with Crippen LogP contribution in [0.3, 0.4) is 0 Å². The van der Waals surface area contributed by atoms with Gasteiger partial charge in [-0.25, -0.2) is 0 Å². The number of fused-ring (bicyclic) bond motifs is 2. The van der Waals surface area contributed by atoms with Gasteiger partial charge >= 0.3 is 0 Å². The molecule has 0 saturated carbocycles. The standard InChI is InChI=1S/C17H26NO6P/c1-2-7-18(11-24-25(21,22)23)8-3-4-13-9-14-12(10-15(13)18)5-6-16(19)17(14)20/h5-6,13,15H,2-4,7-11H2,1H3,(H3-,19,20,21,22,23)/t13-,15?,18-/m1/s1. The molecule has 8 heteroatoms. The zero-order chi connectivity index (χ0) is 18.2. The molecule has 1 saturated heterocycles. The molecule has 1 aliphatic heterocycles. The Morgan fingerprint density at radius 1 is 1.36 bits per heavy atom. The number of hydrogen-bond donors (Lipinski definition) is 3. The Hall–Kier alpha value is -1.11. The largest absolute Gasteiger partial charge is 0.756 e. The van der Waals surface area contributed by atoms with Crippen LogP contribution >= 0.6 is 7.82 Å². The van der Waals surface area contributed by atoms with Crippen molar-refractivity contribution in [1.82, 2.24) is 0 Å². The molecule has 3 rings (SSSR count). The molecule has 1 aliphatic carbocycles. The van der Waals surface area contributed by atoms with E-state index in [9.17, 15) is 19.7 Å². The van der Waals surface area contributed by atoms with Gasteiger partial charge in [0.05, 0.1) is 19.1 Å². The summed E-state index contributed by atoms with van der Waals surface area (Å²) in [4.78, 5) is 20.2. The zero-order valence-corrected chi connectivity index (χ0v) is 15.3. The lowest BCUT2D eigenvalue weighted by Crippen LogP contribution is -2.64. The van der Waals surface area contributed by atoms with E-state index in [0.717, 1.165) is 43.5 Å². The second-order valence-corrected chi connectivity index (χ2v) is 8.54. The van der Waals surface area contributed by atoms with Gasteiger partial charge < -0.3 is 20.0 Å². The summed E-state index contributed by atoms with van der Waals surface area (Å²) in [5, 5.41) is 20.0. The van der Waals surface area contributed by atoms with Crippen molar-refractivity contribution in [1.29, 1.82) is 0 Å². The highest BCUT2D eigenvalue weighted by Gasteiger charge is 2.47. The minimum Gasteiger partial charge on any atom is -0.756 e. The van der Waals surface area contributed by atoms with Gasteiger partial charge in [0, 0.05) is 17.9 Å². The molecule has 1 heterocycles. The Bertz CT molecular complexity index is 686. The van der Waals surface area contributed by atoms with Crippen LogP contribution in [-0.2, 0) is 21.9 Å². The van der Waals surface area contributed by atoms with Gasteiger partial charge in [-0.15, -0.1) is 0 Å². The topological polar surface area (TPSA) is 110 Å². The zero-order valence-electron chi connectivity index (χ0n) is 14.4. The molecule has 2 unspecified atom stereocenters. The van der Waals surface area contributed by atoms with Crippen LogP contribution in [0.5, 0.6) is 11.5 Å². The third-order valence-electron chi connectivity index (χ3n) is 5.83. The summed E-state index contributed by atoms with van der Waals surface area (Å²) in [7, 11) is -4.76. The fraction of sp³-hybridized carbons (Fsp3) is 0.647. The van der Waals surface area contributed by atoms with Crippen LogP contribution in [0.2, 0.25) is 0 Å². The lowest BCUT2D eigenvalue weighted by atomic mass is 9.73. The quantitative estimate of drug-likeness (QED) is 0.412. The summed E-state index contributed by atoms with van der Waals surface area (Å²) in [5.74, 6) is 0.151. The van der Waals surface area contributed by atoms with Gasteiger partial charge in [0.15, 0.2) is 18.2 Å². The van der Waals surface area contributed by atoms with E-state index < -0.39 is 7.82 Å². The number of phosphoric acid groups is 1. The van der Waals surface area contributed by atoms with E-state index in [-0.39, 0.29) is 30.2 Å². The first-order valence-corrected chi connectivity index (χ1v) is 10.3. The maximum absolute atomic E-state index is 11.2. The summed E-state index contributed by atoms with van der Waals surface area (Å²) in [5.41, 5.74) is 1.79. The van der Waals surface area contributed by atoms with Gasteiger partial charge in [-0.2, -0.15) is 0 Å². The monoisotopic (exact) mass is 371 g/mol. The molecule has 1 aromatic rings. The van der Waals surface area contributed by atoms with E-state index >= 15 is 0 Å². The van der Waals surface area contributed by atoms with Crippen LogP contribution in [0.1, 0.15) is 37.3 Å². The van der Waals surface area contributed by atoms with Gasteiger partial charge in [0.25, 0.3) is 7.82 Å². The minimum atomic E-state index is -4.76. The minimum absolute atomic E-state index is 0.0363. The van der Waals surface area contributed by atoms with E-state index in [1.807, 2.05) is 6.07 Å². The van der Waals surface area contributed by atoms with E-state index in [1.54, 1.807) is 0 Å². The first kappa shape index (κ1) is 18.7. The number of hydrogen-bond acceptors (Lipinski definition) is 5. The fourth-order valence-corrected chi connectivity index (χ4v) is 5.16. The van der Waals surface area contributed by atoms with Crippen molar-refractivity contribution < 1.29 is 33.6 Å². The molecule has 0 amide bonds. The lowest BCUT2D eigenvalue weighted by Gasteiger charge is -2.52. The molecule has 0 spiro atoms. The van der Waals surface area contributed by atoms with Crippen LogP contribution in [-0.4, -0.2) is 45.5 Å². The number of quaternary nitrogens is 1. The van der Waals surface area contributed by atoms with Crippen molar-refractivity contribution in [3.63, 3.8) is 0 Å². The predicted molar refractivity (Wildman–Crippen MR) is 89.8 cm³/mol. The third-order valence-corrected chi connectivity index (χ3v) is 6.27.